The third kappa shape index (κ3) is 2.86. The average molecular weight is 378 g/mol. The quantitative estimate of drug-likeness (QED) is 0.857. The van der Waals surface area contributed by atoms with Gasteiger partial charge in [0.05, 0.1) is 7.11 Å². The minimum absolute atomic E-state index is 0.0482. The summed E-state index contributed by atoms with van der Waals surface area (Å²) in [4.78, 5) is 6.82. The van der Waals surface area contributed by atoms with Gasteiger partial charge in [0.15, 0.2) is 11.5 Å². The van der Waals surface area contributed by atoms with Crippen LogP contribution in [0.2, 0.25) is 5.02 Å². The fourth-order valence-corrected chi connectivity index (χ4v) is 4.85. The van der Waals surface area contributed by atoms with Crippen LogP contribution in [0.4, 0.5) is 0 Å². The van der Waals surface area contributed by atoms with Crippen molar-refractivity contribution in [3.63, 3.8) is 0 Å². The van der Waals surface area contributed by atoms with Crippen molar-refractivity contribution < 1.29 is 14.9 Å². The third-order valence-corrected chi connectivity index (χ3v) is 6.21. The fraction of sp³-hybridized carbons (Fsp3) is 0.526. The van der Waals surface area contributed by atoms with Crippen molar-refractivity contribution in [1.82, 2.24) is 14.5 Å². The van der Waals surface area contributed by atoms with Gasteiger partial charge in [-0.3, -0.25) is 4.90 Å². The molecule has 2 aliphatic heterocycles. The van der Waals surface area contributed by atoms with Gasteiger partial charge < -0.3 is 19.5 Å². The van der Waals surface area contributed by atoms with Gasteiger partial charge in [0.2, 0.25) is 0 Å². The number of phenols is 1. The molecule has 0 amide bonds. The molecule has 2 aliphatic rings. The number of hydrogen-bond acceptors (Lipinski definition) is 5. The summed E-state index contributed by atoms with van der Waals surface area (Å²) in [5.74, 6) is 1.23. The van der Waals surface area contributed by atoms with Crippen LogP contribution in [0.1, 0.15) is 37.1 Å². The molecule has 2 fully saturated rings. The Kier molecular flexibility index (Phi) is 4.37. The summed E-state index contributed by atoms with van der Waals surface area (Å²) in [6.45, 7) is 0.682. The lowest BCUT2D eigenvalue weighted by atomic mass is 9.85. The molecule has 6 nitrogen and oxygen atoms in total. The molecular formula is C19H24ClN3O3. The highest BCUT2D eigenvalue weighted by Crippen LogP contribution is 2.46. The van der Waals surface area contributed by atoms with Gasteiger partial charge in [-0.1, -0.05) is 11.6 Å². The summed E-state index contributed by atoms with van der Waals surface area (Å²) in [6.07, 6.45) is 7.07. The molecule has 2 atom stereocenters. The molecule has 140 valence electrons. The first-order valence-electron chi connectivity index (χ1n) is 8.92. The highest BCUT2D eigenvalue weighted by Gasteiger charge is 2.49. The maximum atomic E-state index is 11.3. The Labute approximate surface area is 158 Å². The van der Waals surface area contributed by atoms with E-state index in [1.807, 2.05) is 17.8 Å². The third-order valence-electron chi connectivity index (χ3n) is 5.86. The van der Waals surface area contributed by atoms with Gasteiger partial charge in [-0.05, 0) is 37.3 Å². The maximum Gasteiger partial charge on any atom is 0.160 e. The first-order valence-corrected chi connectivity index (χ1v) is 9.30. The molecule has 2 aromatic rings. The lowest BCUT2D eigenvalue weighted by Crippen LogP contribution is -2.50. The molecule has 1 aromatic heterocycles. The van der Waals surface area contributed by atoms with Crippen molar-refractivity contribution in [2.24, 2.45) is 7.05 Å². The zero-order chi connectivity index (χ0) is 18.5. The van der Waals surface area contributed by atoms with Crippen molar-refractivity contribution >= 4 is 11.6 Å². The Morgan fingerprint density at radius 2 is 2.00 bits per heavy atom. The molecule has 4 rings (SSSR count). The van der Waals surface area contributed by atoms with Crippen LogP contribution in [-0.2, 0) is 19.2 Å². The van der Waals surface area contributed by atoms with Gasteiger partial charge in [-0.15, -0.1) is 0 Å². The number of ether oxygens (including phenoxy) is 1. The van der Waals surface area contributed by atoms with Gasteiger partial charge in [0.1, 0.15) is 11.4 Å². The second kappa shape index (κ2) is 6.44. The molecule has 0 spiro atoms. The smallest absolute Gasteiger partial charge is 0.160 e. The summed E-state index contributed by atoms with van der Waals surface area (Å²) >= 11 is 6.35. The number of aromatic hydroxyl groups is 1. The predicted molar refractivity (Wildman–Crippen MR) is 98.4 cm³/mol. The number of phenolic OH excluding ortho intramolecular Hbond substituents is 1. The standard InChI is InChI=1S/C19H24ClN3O3/c1-22-6-5-21-18(22)19(25)9-13-3-4-14(10-19)23(13)11-12-7-17(26-2)16(24)8-15(12)20/h5-8,13-14,24-25H,3-4,9-11H2,1-2H3/t13-,14-/m1/s1. The van der Waals surface area contributed by atoms with Gasteiger partial charge in [0.25, 0.3) is 0 Å². The first-order chi connectivity index (χ1) is 12.4. The minimum Gasteiger partial charge on any atom is -0.504 e. The van der Waals surface area contributed by atoms with Crippen LogP contribution in [-0.4, -0.2) is 43.9 Å². The van der Waals surface area contributed by atoms with Gasteiger partial charge in [-0.2, -0.15) is 0 Å². The Morgan fingerprint density at radius 3 is 2.58 bits per heavy atom. The Hall–Kier alpha value is -1.76. The molecule has 0 unspecified atom stereocenters. The highest BCUT2D eigenvalue weighted by molar-refractivity contribution is 6.31. The summed E-state index contributed by atoms with van der Waals surface area (Å²) in [6, 6.07) is 3.90. The highest BCUT2D eigenvalue weighted by atomic mass is 35.5. The van der Waals surface area contributed by atoms with E-state index in [2.05, 4.69) is 9.88 Å². The maximum absolute atomic E-state index is 11.3. The second-order valence-corrected chi connectivity index (χ2v) is 7.88. The number of rotatable bonds is 4. The number of aliphatic hydroxyl groups is 1. The Balaban J connectivity index is 1.57. The molecule has 2 bridgehead atoms. The summed E-state index contributed by atoms with van der Waals surface area (Å²) < 4.78 is 7.13. The number of nitrogens with zero attached hydrogens (tertiary/aromatic N) is 3. The number of aryl methyl sites for hydroxylation is 1. The molecule has 2 N–H and O–H groups in total. The van der Waals surface area contributed by atoms with Crippen LogP contribution in [0.25, 0.3) is 0 Å². The number of aromatic nitrogens is 2. The van der Waals surface area contributed by atoms with E-state index < -0.39 is 5.60 Å². The van der Waals surface area contributed by atoms with E-state index >= 15 is 0 Å². The lowest BCUT2D eigenvalue weighted by molar-refractivity contribution is -0.0669. The summed E-state index contributed by atoms with van der Waals surface area (Å²) in [7, 11) is 3.46. The van der Waals surface area contributed by atoms with Crippen LogP contribution in [0.3, 0.4) is 0 Å². The zero-order valence-corrected chi connectivity index (χ0v) is 15.8. The summed E-state index contributed by atoms with van der Waals surface area (Å²) in [5.41, 5.74) is 0.0532. The van der Waals surface area contributed by atoms with E-state index in [0.29, 0.717) is 30.2 Å². The van der Waals surface area contributed by atoms with Crippen LogP contribution in [0, 0.1) is 0 Å². The Bertz CT molecular complexity index is 808. The van der Waals surface area contributed by atoms with Gasteiger partial charge in [0, 0.05) is 49.2 Å². The number of methoxy groups -OCH3 is 1. The number of piperidine rings is 1. The monoisotopic (exact) mass is 377 g/mol. The van der Waals surface area contributed by atoms with E-state index in [1.165, 1.54) is 13.2 Å². The first kappa shape index (κ1) is 17.6. The van der Waals surface area contributed by atoms with Crippen LogP contribution >= 0.6 is 11.6 Å². The molecule has 0 saturated carbocycles. The SMILES string of the molecule is COc1cc(CN2[C@@H]3CC[C@@H]2CC(O)(c2nccn2C)C3)c(Cl)cc1O. The zero-order valence-electron chi connectivity index (χ0n) is 15.0. The Morgan fingerprint density at radius 1 is 1.31 bits per heavy atom. The molecular weight excluding hydrogens is 354 g/mol. The number of fused-ring (bicyclic) bond motifs is 2. The number of imidazole rings is 1. The second-order valence-electron chi connectivity index (χ2n) is 7.47. The van der Waals surface area contributed by atoms with Crippen LogP contribution in [0.5, 0.6) is 11.5 Å². The predicted octanol–water partition coefficient (Wildman–Crippen LogP) is 2.80. The van der Waals surface area contributed by atoms with E-state index in [-0.39, 0.29) is 17.8 Å². The molecule has 0 radical (unpaired) electrons. The van der Waals surface area contributed by atoms with Crippen molar-refractivity contribution in [2.75, 3.05) is 7.11 Å². The molecule has 26 heavy (non-hydrogen) atoms. The van der Waals surface area contributed by atoms with Crippen molar-refractivity contribution in [2.45, 2.75) is 49.9 Å². The molecule has 2 saturated heterocycles. The molecule has 1 aromatic carbocycles. The molecule has 3 heterocycles. The largest absolute Gasteiger partial charge is 0.504 e. The number of benzene rings is 1. The normalized spacial score (nSPS) is 28.5. The van der Waals surface area contributed by atoms with E-state index in [9.17, 15) is 10.2 Å². The van der Waals surface area contributed by atoms with Crippen molar-refractivity contribution in [1.29, 1.82) is 0 Å². The number of halogens is 1. The summed E-state index contributed by atoms with van der Waals surface area (Å²) in [5, 5.41) is 21.7. The topological polar surface area (TPSA) is 70.8 Å². The minimum atomic E-state index is -0.878. The van der Waals surface area contributed by atoms with E-state index in [1.54, 1.807) is 12.3 Å². The van der Waals surface area contributed by atoms with Crippen LogP contribution in [0.15, 0.2) is 24.5 Å². The average Bonchev–Trinajstić information content (AvgIpc) is 3.13. The molecule has 0 aliphatic carbocycles. The van der Waals surface area contributed by atoms with Gasteiger partial charge >= 0.3 is 0 Å². The van der Waals surface area contributed by atoms with Crippen molar-refractivity contribution in [3.8, 4) is 11.5 Å². The number of hydrogen-bond donors (Lipinski definition) is 2. The molecule has 7 heteroatoms. The van der Waals surface area contributed by atoms with Crippen LogP contribution < -0.4 is 4.74 Å². The van der Waals surface area contributed by atoms with E-state index in [0.717, 1.165) is 24.2 Å². The van der Waals surface area contributed by atoms with E-state index in [4.69, 9.17) is 16.3 Å². The fourth-order valence-electron chi connectivity index (χ4n) is 4.64. The lowest BCUT2D eigenvalue weighted by Gasteiger charge is -2.43. The van der Waals surface area contributed by atoms with Gasteiger partial charge in [-0.25, -0.2) is 4.98 Å². The van der Waals surface area contributed by atoms with Crippen molar-refractivity contribution in [3.05, 3.63) is 40.9 Å².